The zero-order valence-corrected chi connectivity index (χ0v) is 26.3. The fourth-order valence-corrected chi connectivity index (χ4v) is 9.16. The van der Waals surface area contributed by atoms with E-state index in [1.165, 1.54) is 10.7 Å². The van der Waals surface area contributed by atoms with Crippen LogP contribution < -0.4 is 10.6 Å². The second-order valence-electron chi connectivity index (χ2n) is 14.7. The summed E-state index contributed by atoms with van der Waals surface area (Å²) < 4.78 is 27.5. The van der Waals surface area contributed by atoms with Gasteiger partial charge in [-0.2, -0.15) is 4.31 Å². The molecule has 6 unspecified atom stereocenters. The summed E-state index contributed by atoms with van der Waals surface area (Å²) in [5, 5.41) is 6.99. The quantitative estimate of drug-likeness (QED) is 0.448. The van der Waals surface area contributed by atoms with Crippen molar-refractivity contribution in [2.75, 3.05) is 26.4 Å². The molecule has 3 saturated carbocycles. The minimum Gasteiger partial charge on any atom is -0.352 e. The lowest BCUT2D eigenvalue weighted by molar-refractivity contribution is -0.136. The Morgan fingerprint density at radius 2 is 1.87 bits per heavy atom. The van der Waals surface area contributed by atoms with E-state index in [2.05, 4.69) is 83.3 Å². The van der Waals surface area contributed by atoms with Crippen LogP contribution in [0.15, 0.2) is 24.3 Å². The number of likely N-dealkylation sites (N-methyl/N-ethyl adjacent to an activating group) is 1. The van der Waals surface area contributed by atoms with E-state index < -0.39 is 16.1 Å². The third kappa shape index (κ3) is 7.06. The van der Waals surface area contributed by atoms with Gasteiger partial charge in [-0.3, -0.25) is 4.79 Å². The number of nitrogens with zero attached hydrogens (tertiary/aromatic N) is 2. The maximum absolute atomic E-state index is 13.4. The molecule has 7 nitrogen and oxygen atoms in total. The molecule has 1 heterocycles. The topological polar surface area (TPSA) is 81.8 Å². The molecule has 2 bridgehead atoms. The van der Waals surface area contributed by atoms with Gasteiger partial charge in [0.1, 0.15) is 6.04 Å². The first kappa shape index (κ1) is 30.5. The van der Waals surface area contributed by atoms with Crippen LogP contribution in [0.1, 0.15) is 78.4 Å². The molecule has 39 heavy (non-hydrogen) atoms. The smallest absolute Gasteiger partial charge is 0.238 e. The number of amides is 1. The summed E-state index contributed by atoms with van der Waals surface area (Å²) >= 11 is 0. The Morgan fingerprint density at radius 1 is 1.18 bits per heavy atom. The summed E-state index contributed by atoms with van der Waals surface area (Å²) in [6, 6.07) is 7.99. The van der Waals surface area contributed by atoms with E-state index in [9.17, 15) is 13.2 Å². The molecule has 8 heteroatoms. The third-order valence-corrected chi connectivity index (χ3v) is 11.6. The first-order valence-corrected chi connectivity index (χ1v) is 16.4. The number of benzene rings is 1. The lowest BCUT2D eigenvalue weighted by atomic mass is 9.45. The Balaban J connectivity index is 1.40. The zero-order valence-electron chi connectivity index (χ0n) is 25.5. The van der Waals surface area contributed by atoms with Gasteiger partial charge in [0, 0.05) is 31.7 Å². The van der Waals surface area contributed by atoms with E-state index in [0.717, 1.165) is 37.1 Å². The molecule has 6 atom stereocenters. The van der Waals surface area contributed by atoms with Gasteiger partial charge >= 0.3 is 0 Å². The SMILES string of the molecule is CC1C(NC(=O)C2CCS(=O)(=O)N2Cc2cccc(CNC(CN(C)C)CC(C)(C)C)c2)CC2CC1C2(C)C. The highest BCUT2D eigenvalue weighted by atomic mass is 32.2. The molecule has 1 aromatic carbocycles. The molecule has 0 radical (unpaired) electrons. The van der Waals surface area contributed by atoms with E-state index in [-0.39, 0.29) is 29.7 Å². The van der Waals surface area contributed by atoms with Crippen molar-refractivity contribution >= 4 is 15.9 Å². The van der Waals surface area contributed by atoms with Crippen molar-refractivity contribution in [2.24, 2.45) is 28.6 Å². The summed E-state index contributed by atoms with van der Waals surface area (Å²) in [5.41, 5.74) is 2.62. The van der Waals surface area contributed by atoms with Gasteiger partial charge in [0.15, 0.2) is 0 Å². The predicted octanol–water partition coefficient (Wildman–Crippen LogP) is 4.23. The molecule has 1 amide bonds. The van der Waals surface area contributed by atoms with Crippen molar-refractivity contribution in [3.8, 4) is 0 Å². The number of carbonyl (C=O) groups excluding carboxylic acids is 1. The monoisotopic (exact) mass is 560 g/mol. The molecule has 4 aliphatic rings. The van der Waals surface area contributed by atoms with E-state index in [0.29, 0.717) is 35.6 Å². The van der Waals surface area contributed by atoms with Gasteiger partial charge in [0.05, 0.1) is 5.75 Å². The standard InChI is InChI=1S/C31H52N4O3S/c1-21-26-15-24(31(26,5)6)16-27(21)33-29(36)28-12-13-39(37,38)35(28)19-23-11-9-10-22(14-23)18-32-25(20-34(7)8)17-30(2,3)4/h9-11,14,21,24-28,32H,12-13,15-20H2,1-8H3,(H,33,36). The van der Waals surface area contributed by atoms with Crippen LogP contribution >= 0.6 is 0 Å². The molecule has 0 spiro atoms. The summed E-state index contributed by atoms with van der Waals surface area (Å²) in [4.78, 5) is 15.7. The Kier molecular flexibility index (Phi) is 8.92. The number of carbonyl (C=O) groups is 1. The van der Waals surface area contributed by atoms with Crippen molar-refractivity contribution < 1.29 is 13.2 Å². The van der Waals surface area contributed by atoms with Crippen LogP contribution in [0.3, 0.4) is 0 Å². The Labute approximate surface area is 237 Å². The number of sulfonamides is 1. The highest BCUT2D eigenvalue weighted by Crippen LogP contribution is 2.61. The number of rotatable bonds is 10. The molecule has 5 rings (SSSR count). The normalized spacial score (nSPS) is 30.6. The number of hydrogen-bond donors (Lipinski definition) is 2. The Hall–Kier alpha value is -1.48. The molecule has 2 N–H and O–H groups in total. The third-order valence-electron chi connectivity index (χ3n) is 9.71. The van der Waals surface area contributed by atoms with Gasteiger partial charge in [0.2, 0.25) is 15.9 Å². The lowest BCUT2D eigenvalue weighted by Gasteiger charge is -2.62. The van der Waals surface area contributed by atoms with Crippen LogP contribution in [0.5, 0.6) is 0 Å². The van der Waals surface area contributed by atoms with Crippen LogP contribution in [0.2, 0.25) is 0 Å². The molecule has 3 aliphatic carbocycles. The number of fused-ring (bicyclic) bond motifs is 2. The van der Waals surface area contributed by atoms with Gasteiger partial charge < -0.3 is 15.5 Å². The van der Waals surface area contributed by atoms with Crippen LogP contribution in [0.25, 0.3) is 0 Å². The molecular formula is C31H52N4O3S. The highest BCUT2D eigenvalue weighted by Gasteiger charge is 2.56. The molecule has 1 aromatic rings. The lowest BCUT2D eigenvalue weighted by Crippen LogP contribution is -2.61. The van der Waals surface area contributed by atoms with Gasteiger partial charge in [-0.25, -0.2) is 8.42 Å². The van der Waals surface area contributed by atoms with Crippen molar-refractivity contribution in [3.05, 3.63) is 35.4 Å². The molecule has 220 valence electrons. The largest absolute Gasteiger partial charge is 0.352 e. The predicted molar refractivity (Wildman–Crippen MR) is 159 cm³/mol. The zero-order chi connectivity index (χ0) is 28.8. The summed E-state index contributed by atoms with van der Waals surface area (Å²) in [6.45, 7) is 15.6. The minimum absolute atomic E-state index is 0.0316. The Morgan fingerprint density at radius 3 is 2.49 bits per heavy atom. The average Bonchev–Trinajstić information content (AvgIpc) is 3.11. The van der Waals surface area contributed by atoms with Crippen LogP contribution in [-0.2, 0) is 27.9 Å². The molecule has 1 aliphatic heterocycles. The second kappa shape index (κ2) is 11.4. The first-order valence-electron chi connectivity index (χ1n) is 14.8. The van der Waals surface area contributed by atoms with E-state index in [1.54, 1.807) is 0 Å². The maximum Gasteiger partial charge on any atom is 0.238 e. The van der Waals surface area contributed by atoms with Crippen molar-refractivity contribution in [3.63, 3.8) is 0 Å². The second-order valence-corrected chi connectivity index (χ2v) is 16.7. The maximum atomic E-state index is 13.4. The van der Waals surface area contributed by atoms with Gasteiger partial charge in [-0.15, -0.1) is 0 Å². The summed E-state index contributed by atoms with van der Waals surface area (Å²) in [6.07, 6.45) is 3.66. The minimum atomic E-state index is -3.48. The summed E-state index contributed by atoms with van der Waals surface area (Å²) in [5.74, 6) is 1.59. The van der Waals surface area contributed by atoms with E-state index >= 15 is 0 Å². The van der Waals surface area contributed by atoms with Gasteiger partial charge in [0.25, 0.3) is 0 Å². The van der Waals surface area contributed by atoms with Crippen molar-refractivity contribution in [1.82, 2.24) is 19.8 Å². The van der Waals surface area contributed by atoms with Crippen LogP contribution in [-0.4, -0.2) is 68.0 Å². The van der Waals surface area contributed by atoms with Gasteiger partial charge in [-0.05, 0) is 79.5 Å². The molecular weight excluding hydrogens is 508 g/mol. The van der Waals surface area contributed by atoms with E-state index in [4.69, 9.17) is 0 Å². The fourth-order valence-electron chi connectivity index (χ4n) is 7.47. The average molecular weight is 561 g/mol. The van der Waals surface area contributed by atoms with Crippen LogP contribution in [0.4, 0.5) is 0 Å². The molecule has 4 fully saturated rings. The number of nitrogens with one attached hydrogen (secondary N) is 2. The van der Waals surface area contributed by atoms with E-state index in [1.807, 2.05) is 12.1 Å². The first-order chi connectivity index (χ1) is 18.1. The van der Waals surface area contributed by atoms with Crippen molar-refractivity contribution in [2.45, 2.75) is 98.4 Å². The summed E-state index contributed by atoms with van der Waals surface area (Å²) in [7, 11) is 0.718. The Bertz CT molecular complexity index is 1130. The molecule has 0 aromatic heterocycles. The van der Waals surface area contributed by atoms with Gasteiger partial charge in [-0.1, -0.05) is 65.8 Å². The number of hydrogen-bond acceptors (Lipinski definition) is 5. The van der Waals surface area contributed by atoms with Crippen LogP contribution in [0, 0.1) is 28.6 Å². The molecule has 1 saturated heterocycles. The highest BCUT2D eigenvalue weighted by molar-refractivity contribution is 7.89. The van der Waals surface area contributed by atoms with Crippen molar-refractivity contribution in [1.29, 1.82) is 0 Å². The fraction of sp³-hybridized carbons (Fsp3) is 0.774.